The van der Waals surface area contributed by atoms with Crippen molar-refractivity contribution in [3.8, 4) is 0 Å². The predicted molar refractivity (Wildman–Crippen MR) is 106 cm³/mol. The summed E-state index contributed by atoms with van der Waals surface area (Å²) in [6, 6.07) is 22.4. The Bertz CT molecular complexity index is 996. The Labute approximate surface area is 159 Å². The first-order valence-corrected chi connectivity index (χ1v) is 9.11. The highest BCUT2D eigenvalue weighted by atomic mass is 16.2. The molecule has 0 fully saturated rings. The van der Waals surface area contributed by atoms with Gasteiger partial charge in [-0.15, -0.1) is 0 Å². The van der Waals surface area contributed by atoms with Crippen LogP contribution in [0.5, 0.6) is 0 Å². The standard InChI is InChI=1S/C24H21NO2/c1-16-13-17(2)22-20(14-16)21(15-26)25(23(22)18-9-5-3-6-10-18)24(27)19-11-7-4-8-12-19/h3-15,21,23H,1-2H3. The highest BCUT2D eigenvalue weighted by molar-refractivity contribution is 5.97. The first-order chi connectivity index (χ1) is 13.1. The van der Waals surface area contributed by atoms with E-state index in [1.54, 1.807) is 17.0 Å². The lowest BCUT2D eigenvalue weighted by atomic mass is 9.91. The molecule has 0 saturated heterocycles. The molecule has 0 aromatic heterocycles. The van der Waals surface area contributed by atoms with Crippen LogP contribution in [0, 0.1) is 13.8 Å². The number of fused-ring (bicyclic) bond motifs is 1. The van der Waals surface area contributed by atoms with E-state index in [2.05, 4.69) is 13.0 Å². The van der Waals surface area contributed by atoms with Crippen LogP contribution in [0.1, 0.15) is 50.3 Å². The summed E-state index contributed by atoms with van der Waals surface area (Å²) in [5.74, 6) is -0.130. The number of amides is 1. The van der Waals surface area contributed by atoms with Gasteiger partial charge in [0.05, 0.1) is 6.04 Å². The Hall–Kier alpha value is -3.20. The van der Waals surface area contributed by atoms with Gasteiger partial charge in [-0.2, -0.15) is 0 Å². The fourth-order valence-electron chi connectivity index (χ4n) is 4.15. The lowest BCUT2D eigenvalue weighted by molar-refractivity contribution is -0.111. The molecule has 0 saturated carbocycles. The monoisotopic (exact) mass is 355 g/mol. The van der Waals surface area contributed by atoms with Gasteiger partial charge in [0.1, 0.15) is 12.3 Å². The van der Waals surface area contributed by atoms with Crippen molar-refractivity contribution in [2.24, 2.45) is 0 Å². The lowest BCUT2D eigenvalue weighted by Gasteiger charge is -2.29. The van der Waals surface area contributed by atoms with Gasteiger partial charge in [-0.05, 0) is 48.2 Å². The second-order valence-corrected chi connectivity index (χ2v) is 7.06. The maximum absolute atomic E-state index is 13.4. The summed E-state index contributed by atoms with van der Waals surface area (Å²) in [5, 5.41) is 0. The first-order valence-electron chi connectivity index (χ1n) is 9.11. The summed E-state index contributed by atoms with van der Waals surface area (Å²) in [6.07, 6.45) is 0.890. The van der Waals surface area contributed by atoms with Crippen LogP contribution in [0.25, 0.3) is 0 Å². The van der Waals surface area contributed by atoms with E-state index < -0.39 is 6.04 Å². The third kappa shape index (κ3) is 2.85. The molecule has 0 aliphatic carbocycles. The van der Waals surface area contributed by atoms with Crippen LogP contribution in [0.2, 0.25) is 0 Å². The van der Waals surface area contributed by atoms with Crippen LogP contribution in [-0.2, 0) is 4.79 Å². The highest BCUT2D eigenvalue weighted by Gasteiger charge is 2.43. The predicted octanol–water partition coefficient (Wildman–Crippen LogP) is 4.79. The van der Waals surface area contributed by atoms with Crippen molar-refractivity contribution in [1.82, 2.24) is 4.90 Å². The quantitative estimate of drug-likeness (QED) is 0.634. The van der Waals surface area contributed by atoms with Crippen LogP contribution >= 0.6 is 0 Å². The molecule has 3 heteroatoms. The minimum atomic E-state index is -0.587. The Kier molecular flexibility index (Phi) is 4.36. The largest absolute Gasteiger partial charge is 0.314 e. The number of rotatable bonds is 3. The maximum atomic E-state index is 13.4. The molecule has 4 rings (SSSR count). The average Bonchev–Trinajstić information content (AvgIpc) is 3.03. The van der Waals surface area contributed by atoms with E-state index in [-0.39, 0.29) is 11.9 Å². The van der Waals surface area contributed by atoms with Gasteiger partial charge in [-0.1, -0.05) is 66.2 Å². The van der Waals surface area contributed by atoms with Crippen molar-refractivity contribution in [2.45, 2.75) is 25.9 Å². The number of aryl methyl sites for hydroxylation is 2. The lowest BCUT2D eigenvalue weighted by Crippen LogP contribution is -2.34. The fourth-order valence-corrected chi connectivity index (χ4v) is 4.15. The summed E-state index contributed by atoms with van der Waals surface area (Å²) in [7, 11) is 0. The van der Waals surface area contributed by atoms with Crippen LogP contribution in [-0.4, -0.2) is 17.1 Å². The molecule has 3 nitrogen and oxygen atoms in total. The van der Waals surface area contributed by atoms with Crippen LogP contribution in [0.4, 0.5) is 0 Å². The van der Waals surface area contributed by atoms with E-state index in [1.165, 1.54) is 0 Å². The molecule has 3 aromatic rings. The van der Waals surface area contributed by atoms with Gasteiger partial charge in [0.15, 0.2) is 0 Å². The molecule has 0 spiro atoms. The van der Waals surface area contributed by atoms with Gasteiger partial charge < -0.3 is 9.69 Å². The average molecular weight is 355 g/mol. The number of carbonyl (C=O) groups excluding carboxylic acids is 2. The molecular weight excluding hydrogens is 334 g/mol. The first kappa shape index (κ1) is 17.2. The molecule has 134 valence electrons. The van der Waals surface area contributed by atoms with Gasteiger partial charge in [0.25, 0.3) is 5.91 Å². The van der Waals surface area contributed by atoms with Gasteiger partial charge in [0, 0.05) is 5.56 Å². The van der Waals surface area contributed by atoms with Gasteiger partial charge >= 0.3 is 0 Å². The minimum absolute atomic E-state index is 0.130. The molecule has 1 aliphatic rings. The normalized spacial score (nSPS) is 18.2. The van der Waals surface area contributed by atoms with E-state index in [0.717, 1.165) is 34.1 Å². The topological polar surface area (TPSA) is 37.4 Å². The molecular formula is C24H21NO2. The highest BCUT2D eigenvalue weighted by Crippen LogP contribution is 2.47. The van der Waals surface area contributed by atoms with Crippen molar-refractivity contribution < 1.29 is 9.59 Å². The second-order valence-electron chi connectivity index (χ2n) is 7.06. The molecule has 1 aliphatic heterocycles. The zero-order chi connectivity index (χ0) is 19.0. The number of hydrogen-bond acceptors (Lipinski definition) is 2. The van der Waals surface area contributed by atoms with Crippen LogP contribution < -0.4 is 0 Å². The summed E-state index contributed by atoms with van der Waals surface area (Å²) in [6.45, 7) is 4.08. The van der Waals surface area contributed by atoms with Gasteiger partial charge in [-0.3, -0.25) is 4.79 Å². The van der Waals surface area contributed by atoms with E-state index in [0.29, 0.717) is 5.56 Å². The molecule has 0 bridgehead atoms. The molecule has 2 unspecified atom stereocenters. The zero-order valence-electron chi connectivity index (χ0n) is 15.4. The minimum Gasteiger partial charge on any atom is -0.314 e. The summed E-state index contributed by atoms with van der Waals surface area (Å²) < 4.78 is 0. The molecule has 1 amide bonds. The number of carbonyl (C=O) groups is 2. The fraction of sp³-hybridized carbons (Fsp3) is 0.167. The Balaban J connectivity index is 1.94. The third-order valence-corrected chi connectivity index (χ3v) is 5.23. The number of hydrogen-bond donors (Lipinski definition) is 0. The SMILES string of the molecule is Cc1cc(C)c2c(c1)C(C=O)N(C(=O)c1ccccc1)C2c1ccccc1. The number of aldehydes is 1. The summed E-state index contributed by atoms with van der Waals surface area (Å²) >= 11 is 0. The molecule has 3 aromatic carbocycles. The van der Waals surface area contributed by atoms with E-state index in [4.69, 9.17) is 0 Å². The number of benzene rings is 3. The second kappa shape index (κ2) is 6.84. The van der Waals surface area contributed by atoms with Crippen molar-refractivity contribution in [3.05, 3.63) is 106 Å². The summed E-state index contributed by atoms with van der Waals surface area (Å²) in [4.78, 5) is 27.3. The molecule has 2 atom stereocenters. The van der Waals surface area contributed by atoms with Gasteiger partial charge in [-0.25, -0.2) is 0 Å². The van der Waals surface area contributed by atoms with Crippen molar-refractivity contribution >= 4 is 12.2 Å². The van der Waals surface area contributed by atoms with Gasteiger partial charge in [0.2, 0.25) is 0 Å². The van der Waals surface area contributed by atoms with E-state index in [1.807, 2.05) is 61.5 Å². The Morgan fingerprint density at radius 3 is 2.19 bits per heavy atom. The smallest absolute Gasteiger partial charge is 0.255 e. The van der Waals surface area contributed by atoms with Crippen molar-refractivity contribution in [1.29, 1.82) is 0 Å². The molecule has 1 heterocycles. The Morgan fingerprint density at radius 1 is 0.926 bits per heavy atom. The zero-order valence-corrected chi connectivity index (χ0v) is 15.4. The molecule has 0 N–H and O–H groups in total. The Morgan fingerprint density at radius 2 is 1.56 bits per heavy atom. The summed E-state index contributed by atoms with van der Waals surface area (Å²) in [5.41, 5.74) is 5.80. The van der Waals surface area contributed by atoms with Crippen molar-refractivity contribution in [3.63, 3.8) is 0 Å². The number of nitrogens with zero attached hydrogens (tertiary/aromatic N) is 1. The molecule has 27 heavy (non-hydrogen) atoms. The van der Waals surface area contributed by atoms with E-state index >= 15 is 0 Å². The van der Waals surface area contributed by atoms with Crippen molar-refractivity contribution in [2.75, 3.05) is 0 Å². The van der Waals surface area contributed by atoms with Crippen LogP contribution in [0.15, 0.2) is 72.8 Å². The maximum Gasteiger partial charge on any atom is 0.255 e. The third-order valence-electron chi connectivity index (χ3n) is 5.23. The van der Waals surface area contributed by atoms with E-state index in [9.17, 15) is 9.59 Å². The molecule has 0 radical (unpaired) electrons. The van der Waals surface area contributed by atoms with Crippen LogP contribution in [0.3, 0.4) is 0 Å².